The molecule has 35 heavy (non-hydrogen) atoms. The molecule has 2 amide bonds. The van der Waals surface area contributed by atoms with E-state index < -0.39 is 29.7 Å². The molecule has 1 aliphatic heterocycles. The highest BCUT2D eigenvalue weighted by Crippen LogP contribution is 2.31. The Bertz CT molecular complexity index is 1270. The van der Waals surface area contributed by atoms with Gasteiger partial charge in [-0.05, 0) is 31.5 Å². The van der Waals surface area contributed by atoms with Gasteiger partial charge < -0.3 is 10.2 Å². The van der Waals surface area contributed by atoms with Gasteiger partial charge >= 0.3 is 6.18 Å². The van der Waals surface area contributed by atoms with Crippen LogP contribution in [-0.4, -0.2) is 29.7 Å². The summed E-state index contributed by atoms with van der Waals surface area (Å²) in [5.41, 5.74) is 2.09. The van der Waals surface area contributed by atoms with Crippen molar-refractivity contribution in [2.24, 2.45) is 4.99 Å². The third kappa shape index (κ3) is 5.26. The molecule has 0 radical (unpaired) electrons. The Kier molecular flexibility index (Phi) is 6.73. The van der Waals surface area contributed by atoms with Crippen LogP contribution in [0.5, 0.6) is 0 Å². The number of fused-ring (bicyclic) bond motifs is 1. The summed E-state index contributed by atoms with van der Waals surface area (Å²) in [6.45, 7) is 3.73. The maximum absolute atomic E-state index is 13.6. The lowest BCUT2D eigenvalue weighted by Gasteiger charge is -2.29. The fourth-order valence-corrected chi connectivity index (χ4v) is 4.09. The summed E-state index contributed by atoms with van der Waals surface area (Å²) < 4.78 is 39.2. The van der Waals surface area contributed by atoms with Gasteiger partial charge in [0, 0.05) is 17.2 Å². The van der Waals surface area contributed by atoms with E-state index in [4.69, 9.17) is 0 Å². The molecule has 0 aliphatic carbocycles. The van der Waals surface area contributed by atoms with Crippen molar-refractivity contribution in [1.29, 1.82) is 0 Å². The smallest absolute Gasteiger partial charge is 0.326 e. The standard InChI is InChI=1S/C27H24F3N3O2/c1-17(2)33-22-14-7-6-13-21(22)24(19-10-4-3-5-11-19)32-25(26(33)35)31-23(34)16-18-9-8-12-20(15-18)27(28,29)30/h3-15,17,25H,16H2,1-2H3,(H,31,34). The van der Waals surface area contributed by atoms with Crippen LogP contribution in [0.25, 0.3) is 0 Å². The van der Waals surface area contributed by atoms with Crippen molar-refractivity contribution in [3.63, 3.8) is 0 Å². The Hall–Kier alpha value is -3.94. The molecule has 3 aromatic rings. The lowest BCUT2D eigenvalue weighted by molar-refractivity contribution is -0.137. The zero-order valence-electron chi connectivity index (χ0n) is 19.2. The molecule has 4 rings (SSSR count). The minimum absolute atomic E-state index is 0.190. The fourth-order valence-electron chi connectivity index (χ4n) is 4.09. The quantitative estimate of drug-likeness (QED) is 0.561. The van der Waals surface area contributed by atoms with Crippen molar-refractivity contribution in [3.05, 3.63) is 101 Å². The molecule has 180 valence electrons. The Labute approximate surface area is 201 Å². The first-order valence-electron chi connectivity index (χ1n) is 11.2. The number of benzene rings is 3. The molecule has 0 aromatic heterocycles. The van der Waals surface area contributed by atoms with Gasteiger partial charge in [0.05, 0.1) is 23.4 Å². The Morgan fingerprint density at radius 3 is 2.37 bits per heavy atom. The number of carbonyl (C=O) groups is 2. The first kappa shape index (κ1) is 24.2. The number of para-hydroxylation sites is 1. The number of amides is 2. The van der Waals surface area contributed by atoms with Crippen molar-refractivity contribution in [2.45, 2.75) is 38.7 Å². The van der Waals surface area contributed by atoms with Crippen molar-refractivity contribution in [2.75, 3.05) is 4.90 Å². The number of nitrogens with zero attached hydrogens (tertiary/aromatic N) is 2. The molecule has 1 unspecified atom stereocenters. The molecule has 0 spiro atoms. The average Bonchev–Trinajstić information content (AvgIpc) is 2.94. The summed E-state index contributed by atoms with van der Waals surface area (Å²) in [5.74, 6) is -1.02. The van der Waals surface area contributed by atoms with Crippen LogP contribution in [0.2, 0.25) is 0 Å². The predicted molar refractivity (Wildman–Crippen MR) is 128 cm³/mol. The molecule has 1 N–H and O–H groups in total. The van der Waals surface area contributed by atoms with Crippen molar-refractivity contribution >= 4 is 23.2 Å². The SMILES string of the molecule is CC(C)N1C(=O)C(NC(=O)Cc2cccc(C(F)(F)F)c2)N=C(c2ccccc2)c2ccccc21. The van der Waals surface area contributed by atoms with Crippen LogP contribution < -0.4 is 10.2 Å². The second-order valence-corrected chi connectivity index (χ2v) is 8.51. The molecular formula is C27H24F3N3O2. The highest BCUT2D eigenvalue weighted by molar-refractivity contribution is 6.20. The molecule has 1 heterocycles. The summed E-state index contributed by atoms with van der Waals surface area (Å²) in [5, 5.41) is 2.64. The minimum Gasteiger partial charge on any atom is -0.326 e. The minimum atomic E-state index is -4.51. The van der Waals surface area contributed by atoms with Gasteiger partial charge in [0.2, 0.25) is 12.1 Å². The second-order valence-electron chi connectivity index (χ2n) is 8.51. The molecule has 1 aliphatic rings. The predicted octanol–water partition coefficient (Wildman–Crippen LogP) is 4.98. The van der Waals surface area contributed by atoms with Gasteiger partial charge in [-0.25, -0.2) is 4.99 Å². The van der Waals surface area contributed by atoms with E-state index >= 15 is 0 Å². The van der Waals surface area contributed by atoms with Crippen LogP contribution in [0.3, 0.4) is 0 Å². The van der Waals surface area contributed by atoms with E-state index in [-0.39, 0.29) is 18.0 Å². The van der Waals surface area contributed by atoms with Crippen molar-refractivity contribution in [3.8, 4) is 0 Å². The van der Waals surface area contributed by atoms with Crippen LogP contribution >= 0.6 is 0 Å². The summed E-state index contributed by atoms with van der Waals surface area (Å²) in [6, 6.07) is 21.1. The summed E-state index contributed by atoms with van der Waals surface area (Å²) >= 11 is 0. The zero-order chi connectivity index (χ0) is 25.2. The molecule has 1 atom stereocenters. The molecule has 0 fully saturated rings. The Balaban J connectivity index is 1.70. The number of hydrogen-bond acceptors (Lipinski definition) is 3. The number of rotatable bonds is 5. The topological polar surface area (TPSA) is 61.8 Å². The lowest BCUT2D eigenvalue weighted by Crippen LogP contribution is -2.50. The van der Waals surface area contributed by atoms with E-state index in [0.717, 1.165) is 23.3 Å². The number of alkyl halides is 3. The summed E-state index contributed by atoms with van der Waals surface area (Å²) in [4.78, 5) is 32.7. The van der Waals surface area contributed by atoms with Crippen LogP contribution in [0.1, 0.15) is 36.1 Å². The highest BCUT2D eigenvalue weighted by atomic mass is 19.4. The number of nitrogens with one attached hydrogen (secondary N) is 1. The third-order valence-electron chi connectivity index (χ3n) is 5.63. The summed E-state index contributed by atoms with van der Waals surface area (Å²) in [6.07, 6.45) is -6.07. The number of halogens is 3. The maximum Gasteiger partial charge on any atom is 0.416 e. The van der Waals surface area contributed by atoms with E-state index in [9.17, 15) is 22.8 Å². The van der Waals surface area contributed by atoms with Crippen LogP contribution in [0, 0.1) is 0 Å². The van der Waals surface area contributed by atoms with Gasteiger partial charge in [0.25, 0.3) is 5.91 Å². The van der Waals surface area contributed by atoms with Gasteiger partial charge in [-0.2, -0.15) is 13.2 Å². The Morgan fingerprint density at radius 2 is 1.69 bits per heavy atom. The number of anilines is 1. The van der Waals surface area contributed by atoms with Crippen LogP contribution in [-0.2, 0) is 22.2 Å². The third-order valence-corrected chi connectivity index (χ3v) is 5.63. The van der Waals surface area contributed by atoms with Gasteiger partial charge in [-0.3, -0.25) is 9.59 Å². The molecular weight excluding hydrogens is 455 g/mol. The average molecular weight is 480 g/mol. The van der Waals surface area contributed by atoms with Gasteiger partial charge in [0.1, 0.15) is 0 Å². The van der Waals surface area contributed by atoms with Crippen LogP contribution in [0.4, 0.5) is 18.9 Å². The van der Waals surface area contributed by atoms with Crippen molar-refractivity contribution in [1.82, 2.24) is 5.32 Å². The number of hydrogen-bond donors (Lipinski definition) is 1. The van der Waals surface area contributed by atoms with E-state index in [2.05, 4.69) is 10.3 Å². The molecule has 0 saturated heterocycles. The second kappa shape index (κ2) is 9.74. The van der Waals surface area contributed by atoms with E-state index in [1.807, 2.05) is 68.4 Å². The van der Waals surface area contributed by atoms with E-state index in [0.29, 0.717) is 11.4 Å². The van der Waals surface area contributed by atoms with Gasteiger partial charge in [-0.15, -0.1) is 0 Å². The number of benzodiazepines with no additional fused rings is 1. The number of aliphatic imine (C=N–C) groups is 1. The Morgan fingerprint density at radius 1 is 1.00 bits per heavy atom. The largest absolute Gasteiger partial charge is 0.416 e. The monoisotopic (exact) mass is 479 g/mol. The summed E-state index contributed by atoms with van der Waals surface area (Å²) in [7, 11) is 0. The first-order valence-corrected chi connectivity index (χ1v) is 11.2. The van der Waals surface area contributed by atoms with Crippen LogP contribution in [0.15, 0.2) is 83.9 Å². The van der Waals surface area contributed by atoms with E-state index in [1.165, 1.54) is 12.1 Å². The maximum atomic E-state index is 13.6. The highest BCUT2D eigenvalue weighted by Gasteiger charge is 2.34. The molecule has 0 saturated carbocycles. The van der Waals surface area contributed by atoms with E-state index in [1.54, 1.807) is 4.90 Å². The fraction of sp³-hybridized carbons (Fsp3) is 0.222. The first-order chi connectivity index (χ1) is 16.6. The molecule has 8 heteroatoms. The number of carbonyl (C=O) groups excluding carboxylic acids is 2. The molecule has 3 aromatic carbocycles. The van der Waals surface area contributed by atoms with Gasteiger partial charge in [0.15, 0.2) is 0 Å². The normalized spacial score (nSPS) is 15.9. The molecule has 0 bridgehead atoms. The lowest BCUT2D eigenvalue weighted by atomic mass is 10.00. The van der Waals surface area contributed by atoms with Crippen molar-refractivity contribution < 1.29 is 22.8 Å². The zero-order valence-corrected chi connectivity index (χ0v) is 19.2. The molecule has 5 nitrogen and oxygen atoms in total. The van der Waals surface area contributed by atoms with Gasteiger partial charge in [-0.1, -0.05) is 66.7 Å².